The molecule has 0 aliphatic heterocycles. The van der Waals surface area contributed by atoms with E-state index in [0.29, 0.717) is 29.0 Å². The van der Waals surface area contributed by atoms with Crippen molar-refractivity contribution in [2.75, 3.05) is 11.9 Å². The molecular weight excluding hydrogens is 502 g/mol. The highest BCUT2D eigenvalue weighted by Crippen LogP contribution is 2.31. The van der Waals surface area contributed by atoms with E-state index in [4.69, 9.17) is 33.0 Å². The minimum atomic E-state index is -1.11. The molecule has 0 saturated carbocycles. The van der Waals surface area contributed by atoms with Crippen molar-refractivity contribution in [2.24, 2.45) is 0 Å². The molecule has 6 nitrogen and oxygen atoms in total. The van der Waals surface area contributed by atoms with Crippen LogP contribution in [0.2, 0.25) is 10.0 Å². The smallest absolute Gasteiger partial charge is 0.331 e. The summed E-state index contributed by atoms with van der Waals surface area (Å²) in [6.45, 7) is 4.10. The van der Waals surface area contributed by atoms with Crippen LogP contribution in [-0.4, -0.2) is 28.6 Å². The van der Waals surface area contributed by atoms with E-state index in [1.54, 1.807) is 23.6 Å². The summed E-state index contributed by atoms with van der Waals surface area (Å²) in [6, 6.07) is 7.78. The Labute approximate surface area is 210 Å². The number of thiazole rings is 1. The van der Waals surface area contributed by atoms with Crippen LogP contribution in [0.1, 0.15) is 41.8 Å². The monoisotopic (exact) mass is 522 g/mol. The Morgan fingerprint density at radius 1 is 1.26 bits per heavy atom. The summed E-state index contributed by atoms with van der Waals surface area (Å²) in [5, 5.41) is 13.9. The number of hydrogen-bond donors (Lipinski definition) is 2. The number of amides is 1. The second-order valence-electron chi connectivity index (χ2n) is 7.31. The van der Waals surface area contributed by atoms with Crippen molar-refractivity contribution >= 4 is 57.6 Å². The van der Waals surface area contributed by atoms with Crippen LogP contribution < -0.4 is 5.32 Å². The molecule has 2 N–H and O–H groups in total. The predicted molar refractivity (Wildman–Crippen MR) is 133 cm³/mol. The van der Waals surface area contributed by atoms with Crippen molar-refractivity contribution < 1.29 is 23.8 Å². The lowest BCUT2D eigenvalue weighted by molar-refractivity contribution is -0.132. The molecule has 0 fully saturated rings. The molecule has 1 heterocycles. The van der Waals surface area contributed by atoms with Gasteiger partial charge in [0.25, 0.3) is 5.91 Å². The SMILES string of the molecule is CCCOCc1cccc(-c2csc(NC(=O)c3cc(Cl)c(C=C(C)C(=O)O)c(Cl)c3)n2)c1F. The molecule has 0 aliphatic rings. The van der Waals surface area contributed by atoms with E-state index < -0.39 is 17.7 Å². The zero-order chi connectivity index (χ0) is 24.8. The van der Waals surface area contributed by atoms with E-state index in [1.807, 2.05) is 6.92 Å². The second kappa shape index (κ2) is 11.6. The Bertz CT molecular complexity index is 1240. The lowest BCUT2D eigenvalue weighted by Crippen LogP contribution is -2.12. The minimum Gasteiger partial charge on any atom is -0.478 e. The fourth-order valence-electron chi connectivity index (χ4n) is 2.97. The number of ether oxygens (including phenoxy) is 1. The highest BCUT2D eigenvalue weighted by molar-refractivity contribution is 7.14. The number of rotatable bonds is 9. The number of benzene rings is 2. The largest absolute Gasteiger partial charge is 0.478 e. The van der Waals surface area contributed by atoms with Crippen molar-refractivity contribution in [3.05, 3.63) is 73.8 Å². The van der Waals surface area contributed by atoms with E-state index in [9.17, 15) is 14.0 Å². The van der Waals surface area contributed by atoms with Crippen molar-refractivity contribution in [3.8, 4) is 11.3 Å². The Hall–Kier alpha value is -2.78. The van der Waals surface area contributed by atoms with Gasteiger partial charge in [-0.3, -0.25) is 10.1 Å². The van der Waals surface area contributed by atoms with Gasteiger partial charge in [0.2, 0.25) is 0 Å². The van der Waals surface area contributed by atoms with Gasteiger partial charge in [-0.2, -0.15) is 0 Å². The van der Waals surface area contributed by atoms with Crippen LogP contribution in [0.15, 0.2) is 41.3 Å². The molecule has 3 rings (SSSR count). The van der Waals surface area contributed by atoms with Crippen molar-refractivity contribution in [1.29, 1.82) is 0 Å². The van der Waals surface area contributed by atoms with E-state index in [0.717, 1.165) is 17.8 Å². The van der Waals surface area contributed by atoms with Gasteiger partial charge in [0.1, 0.15) is 5.82 Å². The molecule has 10 heteroatoms. The lowest BCUT2D eigenvalue weighted by atomic mass is 10.1. The highest BCUT2D eigenvalue weighted by Gasteiger charge is 2.17. The third-order valence-corrected chi connectivity index (χ3v) is 6.11. The highest BCUT2D eigenvalue weighted by atomic mass is 35.5. The number of carboxylic acid groups (broad SMARTS) is 1. The minimum absolute atomic E-state index is 0.0459. The standard InChI is InChI=1S/C24H21Cl2FN2O4S/c1-3-7-33-11-14-5-4-6-16(21(14)27)20-12-34-24(28-20)29-22(30)15-9-18(25)17(19(26)10-15)8-13(2)23(31)32/h4-6,8-10,12H,3,7,11H2,1-2H3,(H,31,32)(H,28,29,30). The topological polar surface area (TPSA) is 88.5 Å². The number of nitrogens with zero attached hydrogens (tertiary/aromatic N) is 1. The molecule has 0 aliphatic carbocycles. The summed E-state index contributed by atoms with van der Waals surface area (Å²) in [5.41, 5.74) is 1.64. The maximum Gasteiger partial charge on any atom is 0.331 e. The number of anilines is 1. The zero-order valence-electron chi connectivity index (χ0n) is 18.3. The van der Waals surface area contributed by atoms with Crippen LogP contribution in [-0.2, 0) is 16.1 Å². The first-order valence-corrected chi connectivity index (χ1v) is 11.9. The Morgan fingerprint density at radius 3 is 2.62 bits per heavy atom. The third-order valence-electron chi connectivity index (χ3n) is 4.72. The summed E-state index contributed by atoms with van der Waals surface area (Å²) >= 11 is 13.6. The second-order valence-corrected chi connectivity index (χ2v) is 8.98. The van der Waals surface area contributed by atoms with Gasteiger partial charge in [0.15, 0.2) is 5.13 Å². The fourth-order valence-corrected chi connectivity index (χ4v) is 4.27. The first kappa shape index (κ1) is 25.8. The van der Waals surface area contributed by atoms with Crippen molar-refractivity contribution in [3.63, 3.8) is 0 Å². The van der Waals surface area contributed by atoms with E-state index in [2.05, 4.69) is 10.3 Å². The molecule has 1 amide bonds. The van der Waals surface area contributed by atoms with Gasteiger partial charge in [-0.05, 0) is 37.6 Å². The molecule has 34 heavy (non-hydrogen) atoms. The van der Waals surface area contributed by atoms with E-state index in [-0.39, 0.29) is 32.9 Å². The molecule has 3 aromatic rings. The van der Waals surface area contributed by atoms with Gasteiger partial charge in [0, 0.05) is 39.8 Å². The molecule has 0 saturated heterocycles. The predicted octanol–water partition coefficient (Wildman–Crippen LogP) is 6.92. The zero-order valence-corrected chi connectivity index (χ0v) is 20.7. The summed E-state index contributed by atoms with van der Waals surface area (Å²) in [7, 11) is 0. The summed E-state index contributed by atoms with van der Waals surface area (Å²) < 4.78 is 20.4. The Morgan fingerprint density at radius 2 is 1.97 bits per heavy atom. The molecule has 0 spiro atoms. The molecule has 0 atom stereocenters. The number of carbonyl (C=O) groups is 2. The molecule has 0 unspecified atom stereocenters. The Balaban J connectivity index is 1.78. The number of carbonyl (C=O) groups excluding carboxylic acids is 1. The van der Waals surface area contributed by atoms with Crippen LogP contribution >= 0.6 is 34.5 Å². The molecule has 1 aromatic heterocycles. The van der Waals surface area contributed by atoms with Crippen LogP contribution in [0, 0.1) is 5.82 Å². The van der Waals surface area contributed by atoms with Crippen molar-refractivity contribution in [2.45, 2.75) is 26.9 Å². The number of hydrogen-bond acceptors (Lipinski definition) is 5. The van der Waals surface area contributed by atoms with Gasteiger partial charge >= 0.3 is 5.97 Å². The van der Waals surface area contributed by atoms with Crippen molar-refractivity contribution in [1.82, 2.24) is 4.98 Å². The lowest BCUT2D eigenvalue weighted by Gasteiger charge is -2.08. The van der Waals surface area contributed by atoms with Crippen LogP contribution in [0.3, 0.4) is 0 Å². The molecule has 0 radical (unpaired) electrons. The van der Waals surface area contributed by atoms with Crippen LogP contribution in [0.4, 0.5) is 9.52 Å². The average molecular weight is 523 g/mol. The molecule has 0 bridgehead atoms. The van der Waals surface area contributed by atoms with Crippen LogP contribution in [0.25, 0.3) is 17.3 Å². The van der Waals surface area contributed by atoms with Gasteiger partial charge in [-0.1, -0.05) is 42.3 Å². The maximum absolute atomic E-state index is 14.9. The van der Waals surface area contributed by atoms with Gasteiger partial charge in [-0.25, -0.2) is 14.2 Å². The maximum atomic E-state index is 14.9. The van der Waals surface area contributed by atoms with E-state index in [1.165, 1.54) is 25.1 Å². The first-order chi connectivity index (χ1) is 16.2. The number of nitrogens with one attached hydrogen (secondary N) is 1. The molecular formula is C24H21Cl2FN2O4S. The van der Waals surface area contributed by atoms with Gasteiger partial charge < -0.3 is 9.84 Å². The summed E-state index contributed by atoms with van der Waals surface area (Å²) in [5.74, 6) is -2.04. The van der Waals surface area contributed by atoms with E-state index >= 15 is 0 Å². The van der Waals surface area contributed by atoms with Crippen LogP contribution in [0.5, 0.6) is 0 Å². The number of halogens is 3. The normalized spacial score (nSPS) is 11.5. The third kappa shape index (κ3) is 6.21. The molecule has 2 aromatic carbocycles. The number of carboxylic acids is 1. The summed E-state index contributed by atoms with van der Waals surface area (Å²) in [4.78, 5) is 28.1. The quantitative estimate of drug-likeness (QED) is 0.235. The first-order valence-electron chi connectivity index (χ1n) is 10.2. The van der Waals surface area contributed by atoms with Gasteiger partial charge in [0.05, 0.1) is 22.3 Å². The molecule has 178 valence electrons. The fraction of sp³-hybridized carbons (Fsp3) is 0.208. The number of aliphatic carboxylic acids is 1. The number of aromatic nitrogens is 1. The Kier molecular flexibility index (Phi) is 8.79. The average Bonchev–Trinajstić information content (AvgIpc) is 3.25. The summed E-state index contributed by atoms with van der Waals surface area (Å²) in [6.07, 6.45) is 2.17. The van der Waals surface area contributed by atoms with Gasteiger partial charge in [-0.15, -0.1) is 11.3 Å².